The quantitative estimate of drug-likeness (QED) is 0.933. The first-order valence-corrected chi connectivity index (χ1v) is 7.43. The average Bonchev–Trinajstić information content (AvgIpc) is 2.55. The van der Waals surface area contributed by atoms with Crippen LogP contribution in [0.25, 0.3) is 11.1 Å². The van der Waals surface area contributed by atoms with Gasteiger partial charge in [0.05, 0.1) is 0 Å². The number of piperazine rings is 1. The number of benzene rings is 2. The summed E-state index contributed by atoms with van der Waals surface area (Å²) in [7, 11) is 0. The van der Waals surface area contributed by atoms with Gasteiger partial charge in [0, 0.05) is 31.9 Å². The van der Waals surface area contributed by atoms with Gasteiger partial charge < -0.3 is 15.0 Å². The van der Waals surface area contributed by atoms with Crippen molar-refractivity contribution in [3.63, 3.8) is 0 Å². The molecule has 0 atom stereocenters. The van der Waals surface area contributed by atoms with Crippen LogP contribution in [-0.2, 0) is 0 Å². The van der Waals surface area contributed by atoms with E-state index in [1.165, 1.54) is 12.1 Å². The van der Waals surface area contributed by atoms with E-state index in [4.69, 9.17) is 0 Å². The standard InChI is InChI=1S/C17H17F3N2O/c18-17(19,20)23-16-3-1-2-14(12-16)13-4-6-15(7-5-13)22-10-8-21-9-11-22/h1-7,12,21H,8-11H2. The molecule has 1 fully saturated rings. The minimum absolute atomic E-state index is 0.207. The van der Waals surface area contributed by atoms with E-state index in [2.05, 4.69) is 15.0 Å². The van der Waals surface area contributed by atoms with Gasteiger partial charge >= 0.3 is 6.36 Å². The van der Waals surface area contributed by atoms with Crippen LogP contribution in [0.5, 0.6) is 5.75 Å². The fourth-order valence-corrected chi connectivity index (χ4v) is 2.66. The van der Waals surface area contributed by atoms with Gasteiger partial charge in [0.25, 0.3) is 0 Å². The summed E-state index contributed by atoms with van der Waals surface area (Å²) >= 11 is 0. The van der Waals surface area contributed by atoms with Crippen molar-refractivity contribution >= 4 is 5.69 Å². The highest BCUT2D eigenvalue weighted by molar-refractivity contribution is 5.67. The molecule has 122 valence electrons. The monoisotopic (exact) mass is 322 g/mol. The number of rotatable bonds is 3. The number of ether oxygens (including phenoxy) is 1. The number of hydrogen-bond donors (Lipinski definition) is 1. The Labute approximate surface area is 132 Å². The molecule has 6 heteroatoms. The Morgan fingerprint density at radius 1 is 0.913 bits per heavy atom. The first-order chi connectivity index (χ1) is 11.0. The summed E-state index contributed by atoms with van der Waals surface area (Å²) in [5, 5.41) is 3.30. The Morgan fingerprint density at radius 3 is 2.26 bits per heavy atom. The van der Waals surface area contributed by atoms with Gasteiger partial charge in [0.15, 0.2) is 0 Å². The summed E-state index contributed by atoms with van der Waals surface area (Å²) in [5.74, 6) is -0.207. The van der Waals surface area contributed by atoms with Crippen molar-refractivity contribution in [1.29, 1.82) is 0 Å². The topological polar surface area (TPSA) is 24.5 Å². The molecule has 1 aliphatic rings. The lowest BCUT2D eigenvalue weighted by molar-refractivity contribution is -0.274. The van der Waals surface area contributed by atoms with Crippen LogP contribution in [0.15, 0.2) is 48.5 Å². The van der Waals surface area contributed by atoms with Gasteiger partial charge in [-0.1, -0.05) is 24.3 Å². The second-order valence-electron chi connectivity index (χ2n) is 5.36. The molecule has 0 radical (unpaired) electrons. The van der Waals surface area contributed by atoms with Crippen LogP contribution in [0.1, 0.15) is 0 Å². The fourth-order valence-electron chi connectivity index (χ4n) is 2.66. The van der Waals surface area contributed by atoms with E-state index in [1.807, 2.05) is 24.3 Å². The van der Waals surface area contributed by atoms with Crippen molar-refractivity contribution in [1.82, 2.24) is 5.32 Å². The third kappa shape index (κ3) is 4.16. The Bertz CT molecular complexity index is 650. The predicted octanol–water partition coefficient (Wildman–Crippen LogP) is 3.66. The number of hydrogen-bond acceptors (Lipinski definition) is 3. The summed E-state index contributed by atoms with van der Waals surface area (Å²) < 4.78 is 40.9. The van der Waals surface area contributed by atoms with Crippen LogP contribution in [-0.4, -0.2) is 32.5 Å². The summed E-state index contributed by atoms with van der Waals surface area (Å²) in [6, 6.07) is 13.9. The van der Waals surface area contributed by atoms with Crippen molar-refractivity contribution in [2.45, 2.75) is 6.36 Å². The molecule has 0 aromatic heterocycles. The van der Waals surface area contributed by atoms with E-state index in [0.717, 1.165) is 37.4 Å². The summed E-state index contributed by atoms with van der Waals surface area (Å²) in [4.78, 5) is 2.28. The van der Waals surface area contributed by atoms with Crippen molar-refractivity contribution in [2.24, 2.45) is 0 Å². The highest BCUT2D eigenvalue weighted by atomic mass is 19.4. The highest BCUT2D eigenvalue weighted by Crippen LogP contribution is 2.29. The Hall–Kier alpha value is -2.21. The zero-order valence-electron chi connectivity index (χ0n) is 12.4. The number of nitrogens with zero attached hydrogens (tertiary/aromatic N) is 1. The molecule has 2 aromatic carbocycles. The van der Waals surface area contributed by atoms with Gasteiger partial charge in [0.2, 0.25) is 0 Å². The van der Waals surface area contributed by atoms with Gasteiger partial charge in [-0.2, -0.15) is 0 Å². The first kappa shape index (κ1) is 15.7. The fraction of sp³-hybridized carbons (Fsp3) is 0.294. The van der Waals surface area contributed by atoms with Crippen molar-refractivity contribution in [3.05, 3.63) is 48.5 Å². The van der Waals surface area contributed by atoms with Crippen molar-refractivity contribution in [3.8, 4) is 16.9 Å². The molecule has 1 saturated heterocycles. The average molecular weight is 322 g/mol. The van der Waals surface area contributed by atoms with Crippen LogP contribution in [0.4, 0.5) is 18.9 Å². The van der Waals surface area contributed by atoms with Crippen LogP contribution in [0.2, 0.25) is 0 Å². The zero-order valence-corrected chi connectivity index (χ0v) is 12.4. The lowest BCUT2D eigenvalue weighted by atomic mass is 10.0. The molecule has 3 rings (SSSR count). The molecule has 1 aliphatic heterocycles. The van der Waals surface area contributed by atoms with Gasteiger partial charge in [-0.15, -0.1) is 13.2 Å². The van der Waals surface area contributed by atoms with E-state index < -0.39 is 6.36 Å². The molecule has 0 saturated carbocycles. The van der Waals surface area contributed by atoms with Gasteiger partial charge in [0.1, 0.15) is 5.75 Å². The lowest BCUT2D eigenvalue weighted by Crippen LogP contribution is -2.43. The Kier molecular flexibility index (Phi) is 4.43. The van der Waals surface area contributed by atoms with Crippen molar-refractivity contribution < 1.29 is 17.9 Å². The lowest BCUT2D eigenvalue weighted by Gasteiger charge is -2.29. The van der Waals surface area contributed by atoms with E-state index in [0.29, 0.717) is 5.56 Å². The Morgan fingerprint density at radius 2 is 1.61 bits per heavy atom. The predicted molar refractivity (Wildman–Crippen MR) is 83.6 cm³/mol. The highest BCUT2D eigenvalue weighted by Gasteiger charge is 2.31. The van der Waals surface area contributed by atoms with E-state index in [9.17, 15) is 13.2 Å². The molecule has 0 spiro atoms. The van der Waals surface area contributed by atoms with Crippen molar-refractivity contribution in [2.75, 3.05) is 31.1 Å². The smallest absolute Gasteiger partial charge is 0.406 e. The van der Waals surface area contributed by atoms with E-state index in [1.54, 1.807) is 12.1 Å². The van der Waals surface area contributed by atoms with Crippen LogP contribution < -0.4 is 15.0 Å². The molecule has 1 N–H and O–H groups in total. The normalized spacial score (nSPS) is 15.5. The van der Waals surface area contributed by atoms with E-state index in [-0.39, 0.29) is 5.75 Å². The molecule has 0 unspecified atom stereocenters. The summed E-state index contributed by atoms with van der Waals surface area (Å²) in [6.07, 6.45) is -4.68. The number of anilines is 1. The molecule has 3 nitrogen and oxygen atoms in total. The van der Waals surface area contributed by atoms with Crippen LogP contribution >= 0.6 is 0 Å². The Balaban J connectivity index is 1.77. The van der Waals surface area contributed by atoms with Gasteiger partial charge in [-0.05, 0) is 35.4 Å². The molecule has 2 aromatic rings. The van der Waals surface area contributed by atoms with Gasteiger partial charge in [-0.25, -0.2) is 0 Å². The molecule has 0 bridgehead atoms. The minimum atomic E-state index is -4.68. The first-order valence-electron chi connectivity index (χ1n) is 7.43. The molecular weight excluding hydrogens is 305 g/mol. The summed E-state index contributed by atoms with van der Waals surface area (Å²) in [5.41, 5.74) is 2.67. The minimum Gasteiger partial charge on any atom is -0.406 e. The molecule has 0 aliphatic carbocycles. The van der Waals surface area contributed by atoms with Crippen LogP contribution in [0.3, 0.4) is 0 Å². The third-order valence-electron chi connectivity index (χ3n) is 3.75. The number of halogens is 3. The van der Waals surface area contributed by atoms with Gasteiger partial charge in [-0.3, -0.25) is 0 Å². The zero-order chi connectivity index (χ0) is 16.3. The largest absolute Gasteiger partial charge is 0.573 e. The number of alkyl halides is 3. The maximum Gasteiger partial charge on any atom is 0.573 e. The number of nitrogens with one attached hydrogen (secondary N) is 1. The second kappa shape index (κ2) is 6.50. The molecular formula is C17H17F3N2O. The maximum absolute atomic E-state index is 12.3. The summed E-state index contributed by atoms with van der Waals surface area (Å²) in [6.45, 7) is 3.82. The maximum atomic E-state index is 12.3. The molecule has 0 amide bonds. The van der Waals surface area contributed by atoms with Crippen LogP contribution in [0, 0.1) is 0 Å². The molecule has 23 heavy (non-hydrogen) atoms. The second-order valence-corrected chi connectivity index (χ2v) is 5.36. The third-order valence-corrected chi connectivity index (χ3v) is 3.75. The van der Waals surface area contributed by atoms with E-state index >= 15 is 0 Å². The SMILES string of the molecule is FC(F)(F)Oc1cccc(-c2ccc(N3CCNCC3)cc2)c1. The molecule has 1 heterocycles.